The van der Waals surface area contributed by atoms with Crippen molar-refractivity contribution in [3.05, 3.63) is 29.2 Å². The van der Waals surface area contributed by atoms with Gasteiger partial charge in [0.2, 0.25) is 5.91 Å². The smallest absolute Gasteiger partial charge is 0.341 e. The summed E-state index contributed by atoms with van der Waals surface area (Å²) in [5.74, 6) is -0.193. The van der Waals surface area contributed by atoms with Gasteiger partial charge < -0.3 is 10.1 Å². The van der Waals surface area contributed by atoms with Crippen LogP contribution in [0.15, 0.2) is 18.7 Å². The Balaban J connectivity index is 3.03. The number of carbonyl (C=O) groups excluding carboxylic acids is 2. The van der Waals surface area contributed by atoms with Crippen LogP contribution in [0.5, 0.6) is 0 Å². The van der Waals surface area contributed by atoms with Crippen LogP contribution in [0, 0.1) is 5.41 Å². The van der Waals surface area contributed by atoms with E-state index in [4.69, 9.17) is 4.74 Å². The number of carbonyl (C=O) groups is 2. The Morgan fingerprint density at radius 3 is 2.62 bits per heavy atom. The molecule has 0 aliphatic rings. The average molecular weight is 352 g/mol. The third kappa shape index (κ3) is 6.48. The van der Waals surface area contributed by atoms with Crippen molar-refractivity contribution in [3.8, 4) is 0 Å². The van der Waals surface area contributed by atoms with Crippen molar-refractivity contribution in [2.75, 3.05) is 11.9 Å². The third-order valence-electron chi connectivity index (χ3n) is 3.48. The van der Waals surface area contributed by atoms with Gasteiger partial charge in [0.25, 0.3) is 0 Å². The summed E-state index contributed by atoms with van der Waals surface area (Å²) in [4.78, 5) is 25.3. The maximum absolute atomic E-state index is 12.2. The monoisotopic (exact) mass is 351 g/mol. The van der Waals surface area contributed by atoms with Gasteiger partial charge in [-0.1, -0.05) is 33.8 Å². The number of anilines is 1. The second-order valence-corrected chi connectivity index (χ2v) is 8.24. The second-order valence-electron chi connectivity index (χ2n) is 7.15. The first kappa shape index (κ1) is 20.4. The summed E-state index contributed by atoms with van der Waals surface area (Å²) >= 11 is 1.47. The number of hydrogen-bond donors (Lipinski definition) is 1. The number of thiophene rings is 1. The van der Waals surface area contributed by atoms with Crippen LogP contribution in [0.1, 0.15) is 75.0 Å². The molecule has 1 atom stereocenters. The molecule has 0 bridgehead atoms. The van der Waals surface area contributed by atoms with Gasteiger partial charge >= 0.3 is 5.97 Å². The molecule has 1 rings (SSSR count). The first-order valence-electron chi connectivity index (χ1n) is 8.39. The molecule has 0 spiro atoms. The van der Waals surface area contributed by atoms with E-state index in [0.717, 1.165) is 11.3 Å². The van der Waals surface area contributed by atoms with Crippen LogP contribution in [0.3, 0.4) is 0 Å². The van der Waals surface area contributed by atoms with Crippen molar-refractivity contribution in [2.24, 2.45) is 5.41 Å². The molecule has 1 amide bonds. The lowest BCUT2D eigenvalue weighted by molar-refractivity contribution is -0.116. The zero-order valence-corrected chi connectivity index (χ0v) is 16.2. The van der Waals surface area contributed by atoms with E-state index in [9.17, 15) is 9.59 Å². The number of nitrogens with one attached hydrogen (secondary N) is 1. The molecule has 0 saturated heterocycles. The molecule has 0 fully saturated rings. The number of amides is 1. The van der Waals surface area contributed by atoms with Gasteiger partial charge in [-0.25, -0.2) is 4.79 Å². The summed E-state index contributed by atoms with van der Waals surface area (Å²) in [6.45, 7) is 14.4. The van der Waals surface area contributed by atoms with Crippen molar-refractivity contribution in [3.63, 3.8) is 0 Å². The molecule has 4 nitrogen and oxygen atoms in total. The normalized spacial score (nSPS) is 12.5. The SMILES string of the molecule is C=CCCC(=O)Nc1sc(C(C)CC(C)(C)C)cc1C(=O)OCC. The molecule has 1 aromatic rings. The summed E-state index contributed by atoms with van der Waals surface area (Å²) in [6, 6.07) is 1.86. The van der Waals surface area contributed by atoms with E-state index in [1.807, 2.05) is 6.07 Å². The molecule has 5 heteroatoms. The molecule has 1 heterocycles. The lowest BCUT2D eigenvalue weighted by Crippen LogP contribution is -2.13. The highest BCUT2D eigenvalue weighted by Crippen LogP contribution is 2.38. The second kappa shape index (κ2) is 9.02. The van der Waals surface area contributed by atoms with Gasteiger partial charge in [0, 0.05) is 11.3 Å². The molecule has 0 saturated carbocycles. The van der Waals surface area contributed by atoms with Gasteiger partial charge in [-0.2, -0.15) is 0 Å². The van der Waals surface area contributed by atoms with Crippen LogP contribution in [-0.4, -0.2) is 18.5 Å². The summed E-state index contributed by atoms with van der Waals surface area (Å²) < 4.78 is 5.13. The highest BCUT2D eigenvalue weighted by molar-refractivity contribution is 7.16. The molecule has 1 unspecified atom stereocenters. The molecule has 0 aliphatic heterocycles. The Labute approximate surface area is 149 Å². The van der Waals surface area contributed by atoms with Crippen LogP contribution >= 0.6 is 11.3 Å². The van der Waals surface area contributed by atoms with Crippen LogP contribution in [-0.2, 0) is 9.53 Å². The van der Waals surface area contributed by atoms with Crippen LogP contribution in [0.25, 0.3) is 0 Å². The van der Waals surface area contributed by atoms with E-state index in [0.29, 0.717) is 35.9 Å². The Kier molecular flexibility index (Phi) is 7.67. The highest BCUT2D eigenvalue weighted by atomic mass is 32.1. The van der Waals surface area contributed by atoms with E-state index in [1.165, 1.54) is 11.3 Å². The lowest BCUT2D eigenvalue weighted by Gasteiger charge is -2.22. The van der Waals surface area contributed by atoms with Crippen molar-refractivity contribution < 1.29 is 14.3 Å². The standard InChI is InChI=1S/C19H29NO3S/c1-7-9-10-16(21)20-17-14(18(22)23-8-2)11-15(24-17)13(3)12-19(4,5)6/h7,11,13H,1,8-10,12H2,2-6H3,(H,20,21). The molecule has 1 N–H and O–H groups in total. The third-order valence-corrected chi connectivity index (χ3v) is 4.76. The fraction of sp³-hybridized carbons (Fsp3) is 0.579. The average Bonchev–Trinajstić information content (AvgIpc) is 2.87. The Bertz CT molecular complexity index is 584. The summed E-state index contributed by atoms with van der Waals surface area (Å²) in [5, 5.41) is 3.44. The van der Waals surface area contributed by atoms with Gasteiger partial charge in [0.1, 0.15) is 5.00 Å². The largest absolute Gasteiger partial charge is 0.462 e. The quantitative estimate of drug-likeness (QED) is 0.506. The molecular formula is C19H29NO3S. The zero-order valence-electron chi connectivity index (χ0n) is 15.4. The minimum Gasteiger partial charge on any atom is -0.462 e. The topological polar surface area (TPSA) is 55.4 Å². The molecule has 0 aromatic carbocycles. The maximum Gasteiger partial charge on any atom is 0.341 e. The van der Waals surface area contributed by atoms with E-state index in [2.05, 4.69) is 39.6 Å². The number of hydrogen-bond acceptors (Lipinski definition) is 4. The number of allylic oxidation sites excluding steroid dienone is 1. The molecule has 0 aliphatic carbocycles. The Hall–Kier alpha value is -1.62. The van der Waals surface area contributed by atoms with E-state index in [-0.39, 0.29) is 17.3 Å². The minimum atomic E-state index is -0.387. The number of rotatable bonds is 8. The van der Waals surface area contributed by atoms with Crippen LogP contribution < -0.4 is 5.32 Å². The minimum absolute atomic E-state index is 0.114. The van der Waals surface area contributed by atoms with Gasteiger partial charge in [0.15, 0.2) is 0 Å². The first-order valence-corrected chi connectivity index (χ1v) is 9.21. The highest BCUT2D eigenvalue weighted by Gasteiger charge is 2.23. The van der Waals surface area contributed by atoms with E-state index >= 15 is 0 Å². The van der Waals surface area contributed by atoms with Gasteiger partial charge in [-0.05, 0) is 37.2 Å². The Morgan fingerprint density at radius 2 is 2.08 bits per heavy atom. The molecular weight excluding hydrogens is 322 g/mol. The fourth-order valence-electron chi connectivity index (χ4n) is 2.55. The molecule has 24 heavy (non-hydrogen) atoms. The van der Waals surface area contributed by atoms with Crippen molar-refractivity contribution >= 4 is 28.2 Å². The summed E-state index contributed by atoms with van der Waals surface area (Å²) in [5.41, 5.74) is 0.644. The Morgan fingerprint density at radius 1 is 1.42 bits per heavy atom. The zero-order chi connectivity index (χ0) is 18.3. The summed E-state index contributed by atoms with van der Waals surface area (Å²) in [7, 11) is 0. The summed E-state index contributed by atoms with van der Waals surface area (Å²) in [6.07, 6.45) is 3.67. The van der Waals surface area contributed by atoms with Gasteiger partial charge in [-0.3, -0.25) is 4.79 Å². The number of esters is 1. The van der Waals surface area contributed by atoms with Crippen LogP contribution in [0.2, 0.25) is 0 Å². The molecule has 0 radical (unpaired) electrons. The van der Waals surface area contributed by atoms with Gasteiger partial charge in [-0.15, -0.1) is 17.9 Å². The predicted molar refractivity (Wildman–Crippen MR) is 101 cm³/mol. The number of ether oxygens (including phenoxy) is 1. The first-order chi connectivity index (χ1) is 11.2. The van der Waals surface area contributed by atoms with E-state index in [1.54, 1.807) is 13.0 Å². The lowest BCUT2D eigenvalue weighted by atomic mass is 9.85. The fourth-order valence-corrected chi connectivity index (χ4v) is 3.66. The van der Waals surface area contributed by atoms with Crippen molar-refractivity contribution in [1.29, 1.82) is 0 Å². The van der Waals surface area contributed by atoms with Crippen molar-refractivity contribution in [1.82, 2.24) is 0 Å². The van der Waals surface area contributed by atoms with Crippen LogP contribution in [0.4, 0.5) is 5.00 Å². The predicted octanol–water partition coefficient (Wildman–Crippen LogP) is 5.37. The van der Waals surface area contributed by atoms with E-state index < -0.39 is 0 Å². The van der Waals surface area contributed by atoms with Gasteiger partial charge in [0.05, 0.1) is 12.2 Å². The molecule has 134 valence electrons. The molecule has 1 aromatic heterocycles. The maximum atomic E-state index is 12.2. The van der Waals surface area contributed by atoms with Crippen molar-refractivity contribution in [2.45, 2.75) is 59.8 Å².